The van der Waals surface area contributed by atoms with E-state index in [1.165, 1.54) is 11.1 Å². The quantitative estimate of drug-likeness (QED) is 0.886. The smallest absolute Gasteiger partial charge is 0.308 e. The molecule has 1 aromatic heterocycles. The van der Waals surface area contributed by atoms with Crippen LogP contribution in [0.25, 0.3) is 11.3 Å². The molecule has 2 rings (SSSR count). The monoisotopic (exact) mass is 321 g/mol. The molecule has 0 aliphatic heterocycles. The number of nitrogens with one attached hydrogen (secondary N) is 1. The van der Waals surface area contributed by atoms with Gasteiger partial charge >= 0.3 is 5.97 Å². The van der Waals surface area contributed by atoms with E-state index in [9.17, 15) is 9.59 Å². The molecule has 2 aromatic rings. The van der Waals surface area contributed by atoms with Gasteiger partial charge in [-0.3, -0.25) is 14.7 Å². The lowest BCUT2D eigenvalue weighted by Crippen LogP contribution is -2.33. The number of carboxylic acid groups (broad SMARTS) is 1. The van der Waals surface area contributed by atoms with Gasteiger partial charge in [0.1, 0.15) is 0 Å². The summed E-state index contributed by atoms with van der Waals surface area (Å²) in [5, 5.41) is 16.2. The summed E-state index contributed by atoms with van der Waals surface area (Å²) in [4.78, 5) is 24.8. The molecule has 0 radical (unpaired) electrons. The van der Waals surface area contributed by atoms with Gasteiger partial charge in [0.15, 0.2) is 0 Å². The molecule has 6 nitrogen and oxygen atoms in total. The highest BCUT2D eigenvalue weighted by Gasteiger charge is 2.22. The highest BCUT2D eigenvalue weighted by molar-refractivity contribution is 6.30. The summed E-state index contributed by atoms with van der Waals surface area (Å²) in [6.07, 6.45) is 1.43. The molecule has 0 saturated carbocycles. The molecule has 0 bridgehead atoms. The summed E-state index contributed by atoms with van der Waals surface area (Å²) in [6.45, 7) is 1.67. The standard InChI is InChI=1S/C15H16ClN3O3/c1-9(15(21)22)8-19(2)14(20)12-7-17-18-13(12)10-4-3-5-11(16)6-10/h3-7,9H,8H2,1-2H3,(H,17,18)(H,21,22). The number of benzene rings is 1. The van der Waals surface area contributed by atoms with E-state index in [0.717, 1.165) is 5.56 Å². The number of aromatic nitrogens is 2. The Morgan fingerprint density at radius 2 is 2.18 bits per heavy atom. The van der Waals surface area contributed by atoms with Crippen molar-refractivity contribution in [1.82, 2.24) is 15.1 Å². The number of aliphatic carboxylic acids is 1. The Hall–Kier alpha value is -2.34. The summed E-state index contributed by atoms with van der Waals surface area (Å²) in [6, 6.07) is 7.06. The van der Waals surface area contributed by atoms with Crippen molar-refractivity contribution >= 4 is 23.5 Å². The van der Waals surface area contributed by atoms with Crippen LogP contribution in [0.4, 0.5) is 0 Å². The van der Waals surface area contributed by atoms with Crippen LogP contribution in [0.3, 0.4) is 0 Å². The van der Waals surface area contributed by atoms with E-state index in [1.807, 2.05) is 6.07 Å². The second-order valence-corrected chi connectivity index (χ2v) is 5.53. The van der Waals surface area contributed by atoms with Gasteiger partial charge in [-0.1, -0.05) is 30.7 Å². The van der Waals surface area contributed by atoms with Gasteiger partial charge in [0.25, 0.3) is 5.91 Å². The van der Waals surface area contributed by atoms with Crippen molar-refractivity contribution in [2.45, 2.75) is 6.92 Å². The lowest BCUT2D eigenvalue weighted by Gasteiger charge is -2.19. The van der Waals surface area contributed by atoms with Crippen molar-refractivity contribution in [2.24, 2.45) is 5.92 Å². The summed E-state index contributed by atoms with van der Waals surface area (Å²) in [5.74, 6) is -1.88. The average Bonchev–Trinajstić information content (AvgIpc) is 2.95. The van der Waals surface area contributed by atoms with E-state index >= 15 is 0 Å². The molecular weight excluding hydrogens is 306 g/mol. The second kappa shape index (κ2) is 6.62. The molecule has 1 unspecified atom stereocenters. The number of rotatable bonds is 5. The van der Waals surface area contributed by atoms with Crippen molar-refractivity contribution in [3.8, 4) is 11.3 Å². The molecule has 22 heavy (non-hydrogen) atoms. The average molecular weight is 322 g/mol. The maximum Gasteiger partial charge on any atom is 0.308 e. The van der Waals surface area contributed by atoms with Crippen molar-refractivity contribution < 1.29 is 14.7 Å². The zero-order valence-corrected chi connectivity index (χ0v) is 13.0. The first-order valence-electron chi connectivity index (χ1n) is 6.67. The summed E-state index contributed by atoms with van der Waals surface area (Å²) < 4.78 is 0. The third-order valence-corrected chi connectivity index (χ3v) is 3.53. The zero-order valence-electron chi connectivity index (χ0n) is 12.2. The number of halogens is 1. The van der Waals surface area contributed by atoms with Gasteiger partial charge < -0.3 is 10.0 Å². The fraction of sp³-hybridized carbons (Fsp3) is 0.267. The van der Waals surface area contributed by atoms with E-state index in [2.05, 4.69) is 10.2 Å². The Labute approximate surface area is 132 Å². The molecule has 1 heterocycles. The minimum absolute atomic E-state index is 0.119. The predicted molar refractivity (Wildman–Crippen MR) is 82.8 cm³/mol. The molecule has 7 heteroatoms. The number of carbonyl (C=O) groups excluding carboxylic acids is 1. The number of aromatic amines is 1. The van der Waals surface area contributed by atoms with Crippen molar-refractivity contribution in [2.75, 3.05) is 13.6 Å². The number of amides is 1. The molecule has 0 aliphatic carbocycles. The van der Waals surface area contributed by atoms with Crippen LogP contribution < -0.4 is 0 Å². The van der Waals surface area contributed by atoms with Crippen LogP contribution in [0.5, 0.6) is 0 Å². The summed E-state index contributed by atoms with van der Waals surface area (Å²) in [7, 11) is 1.57. The largest absolute Gasteiger partial charge is 0.481 e. The van der Waals surface area contributed by atoms with E-state index in [-0.39, 0.29) is 12.5 Å². The number of nitrogens with zero attached hydrogens (tertiary/aromatic N) is 2. The Morgan fingerprint density at radius 1 is 1.45 bits per heavy atom. The lowest BCUT2D eigenvalue weighted by molar-refractivity contribution is -0.141. The van der Waals surface area contributed by atoms with Gasteiger partial charge in [0, 0.05) is 24.2 Å². The van der Waals surface area contributed by atoms with Crippen LogP contribution in [0.1, 0.15) is 17.3 Å². The molecule has 1 amide bonds. The van der Waals surface area contributed by atoms with Crippen LogP contribution >= 0.6 is 11.6 Å². The van der Waals surface area contributed by atoms with Gasteiger partial charge in [-0.2, -0.15) is 5.10 Å². The predicted octanol–water partition coefficient (Wildman–Crippen LogP) is 2.52. The van der Waals surface area contributed by atoms with Gasteiger partial charge in [0.05, 0.1) is 23.4 Å². The molecular formula is C15H16ClN3O3. The fourth-order valence-corrected chi connectivity index (χ4v) is 2.28. The first-order valence-corrected chi connectivity index (χ1v) is 7.05. The highest BCUT2D eigenvalue weighted by atomic mass is 35.5. The minimum Gasteiger partial charge on any atom is -0.481 e. The van der Waals surface area contributed by atoms with Gasteiger partial charge in [-0.05, 0) is 12.1 Å². The minimum atomic E-state index is -0.943. The number of hydrogen-bond acceptors (Lipinski definition) is 3. The highest BCUT2D eigenvalue weighted by Crippen LogP contribution is 2.24. The van der Waals surface area contributed by atoms with Gasteiger partial charge in [-0.25, -0.2) is 0 Å². The third kappa shape index (κ3) is 3.46. The Bertz CT molecular complexity index is 699. The molecule has 0 fully saturated rings. The van der Waals surface area contributed by atoms with E-state index in [4.69, 9.17) is 16.7 Å². The van der Waals surface area contributed by atoms with Gasteiger partial charge in [-0.15, -0.1) is 0 Å². The number of carbonyl (C=O) groups is 2. The molecule has 0 saturated heterocycles. The van der Waals surface area contributed by atoms with Crippen molar-refractivity contribution in [3.05, 3.63) is 41.0 Å². The first kappa shape index (κ1) is 16.0. The molecule has 0 aliphatic rings. The fourth-order valence-electron chi connectivity index (χ4n) is 2.09. The van der Waals surface area contributed by atoms with Crippen molar-refractivity contribution in [3.63, 3.8) is 0 Å². The van der Waals surface area contributed by atoms with Gasteiger partial charge in [0.2, 0.25) is 0 Å². The molecule has 0 spiro atoms. The van der Waals surface area contributed by atoms with E-state index in [1.54, 1.807) is 32.2 Å². The summed E-state index contributed by atoms with van der Waals surface area (Å²) in [5.41, 5.74) is 1.68. The number of carboxylic acids is 1. The summed E-state index contributed by atoms with van der Waals surface area (Å²) >= 11 is 5.96. The van der Waals surface area contributed by atoms with Crippen LogP contribution in [-0.2, 0) is 4.79 Å². The van der Waals surface area contributed by atoms with Crippen LogP contribution in [0.15, 0.2) is 30.5 Å². The zero-order chi connectivity index (χ0) is 16.3. The van der Waals surface area contributed by atoms with E-state index in [0.29, 0.717) is 16.3 Å². The topological polar surface area (TPSA) is 86.3 Å². The Morgan fingerprint density at radius 3 is 2.82 bits per heavy atom. The SMILES string of the molecule is CC(CN(C)C(=O)c1cn[nH]c1-c1cccc(Cl)c1)C(=O)O. The van der Waals surface area contributed by atoms with E-state index < -0.39 is 11.9 Å². The third-order valence-electron chi connectivity index (χ3n) is 3.30. The molecule has 1 atom stereocenters. The van der Waals surface area contributed by atoms with Crippen molar-refractivity contribution in [1.29, 1.82) is 0 Å². The molecule has 2 N–H and O–H groups in total. The first-order chi connectivity index (χ1) is 10.4. The molecule has 116 valence electrons. The van der Waals surface area contributed by atoms with Crippen LogP contribution in [-0.4, -0.2) is 45.7 Å². The van der Waals surface area contributed by atoms with Crippen LogP contribution in [0, 0.1) is 5.92 Å². The lowest BCUT2D eigenvalue weighted by atomic mass is 10.1. The maximum atomic E-state index is 12.5. The van der Waals surface area contributed by atoms with Crippen LogP contribution in [0.2, 0.25) is 5.02 Å². The number of hydrogen-bond donors (Lipinski definition) is 2. The maximum absolute atomic E-state index is 12.5. The Kier molecular flexibility index (Phi) is 4.82. The number of H-pyrrole nitrogens is 1. The molecule has 1 aromatic carbocycles. The normalized spacial score (nSPS) is 12.0. The second-order valence-electron chi connectivity index (χ2n) is 5.09. The Balaban J connectivity index is 2.25.